The molecule has 13 rings (SSSR count). The van der Waals surface area contributed by atoms with Gasteiger partial charge in [0.15, 0.2) is 5.78 Å². The second kappa shape index (κ2) is 35.4. The highest BCUT2D eigenvalue weighted by Gasteiger charge is 2.59. The molecule has 1 unspecified atom stereocenters. The van der Waals surface area contributed by atoms with Gasteiger partial charge in [0, 0.05) is 97.1 Å². The van der Waals surface area contributed by atoms with E-state index in [0.717, 1.165) is 84.3 Å². The molecule has 3 amide bonds. The van der Waals surface area contributed by atoms with Crippen molar-refractivity contribution in [2.45, 2.75) is 208 Å². The molecule has 592 valence electrons. The lowest BCUT2D eigenvalue weighted by molar-refractivity contribution is -0.183. The van der Waals surface area contributed by atoms with Gasteiger partial charge in [-0.1, -0.05) is 117 Å². The molecule has 2 saturated heterocycles. The number of methoxy groups -OCH3 is 3. The third-order valence-corrected chi connectivity index (χ3v) is 26.3. The van der Waals surface area contributed by atoms with E-state index in [1.165, 1.54) is 32.1 Å². The molecular formula is C86H130N8O13. The topological polar surface area (TPSA) is 248 Å². The van der Waals surface area contributed by atoms with Gasteiger partial charge in [-0.3, -0.25) is 28.9 Å². The Morgan fingerprint density at radius 3 is 1.68 bits per heavy atom. The summed E-state index contributed by atoms with van der Waals surface area (Å²) in [5, 5.41) is 55.9. The van der Waals surface area contributed by atoms with Crippen LogP contribution in [0.2, 0.25) is 0 Å². The summed E-state index contributed by atoms with van der Waals surface area (Å²) in [4.78, 5) is 75.2. The van der Waals surface area contributed by atoms with Gasteiger partial charge in [0.05, 0.1) is 65.4 Å². The molecular weight excluding hydrogens is 1350 g/mol. The Balaban J connectivity index is 0.000000229. The number of carbonyl (C=O) groups excluding carboxylic acids is 4. The molecule has 7 N–H and O–H groups in total. The van der Waals surface area contributed by atoms with Crippen molar-refractivity contribution < 1.29 is 63.5 Å². The number of hydrogen-bond donors (Lipinski definition) is 7. The van der Waals surface area contributed by atoms with Crippen molar-refractivity contribution in [3.63, 3.8) is 0 Å². The van der Waals surface area contributed by atoms with Crippen LogP contribution in [0.3, 0.4) is 0 Å². The number of fused-ring (bicyclic) bond motifs is 4. The number of Topliss-reactive ketones (excluding diaryl/α,β-unsaturated/α-hetero) is 1. The highest BCUT2D eigenvalue weighted by Crippen LogP contribution is 2.64. The molecule has 7 saturated carbocycles. The van der Waals surface area contributed by atoms with Crippen molar-refractivity contribution in [3.8, 4) is 39.5 Å². The van der Waals surface area contributed by atoms with E-state index >= 15 is 0 Å². The zero-order valence-electron chi connectivity index (χ0n) is 67.7. The van der Waals surface area contributed by atoms with Crippen LogP contribution in [0, 0.1) is 75.9 Å². The average Bonchev–Trinajstić information content (AvgIpc) is 1.65. The molecule has 7 aliphatic carbocycles. The first kappa shape index (κ1) is 83.2. The van der Waals surface area contributed by atoms with Gasteiger partial charge in [-0.15, -0.1) is 0 Å². The molecule has 2 aliphatic heterocycles. The standard InChI is InChI=1S/C44H65N3O7.C42H65N5O6/c1-26-31(19-32-22-35(26)44(32,3)4)21-37(50)41-40(27(2)49)39(25-48)54-47(41)23-30-15-12-16-33(42(30)53-8)29-17-18-38(52-7)34(20-29)43(51)45-36(24-46(5)6)28-13-10-9-11-14-28;1-24(2)15-31(22-45(7)8)43-40(50)29-16-28(17-32(18-29)46(9)10)33-14-12-13-27(39(33)52-11)21-47-38(37(26(4)49)36(23-48)53-47)41(51)44-35-20-30-19-34(25(35)3)42(30,5)6/h12,15-18,20,26-28,31-32,35-36,39-41,48-49H,9-11,13-14,19,21-25H2,1-8H3,(H,45,51);12-14,16-18,24-26,30-31,34-38,48-49H,15,19-23H2,1-11H3,(H,43,50)(H,44,51)/t26-,27?,31-,32+,35+,36-,39+,40+,41-;25-,26-,30+,31+,34-,35-,36-,37+,38-/m10/s1. The van der Waals surface area contributed by atoms with Gasteiger partial charge >= 0.3 is 0 Å². The number of nitrogens with zero attached hydrogens (tertiary/aromatic N) is 5. The number of nitrogens with one attached hydrogen (secondary N) is 3. The lowest BCUT2D eigenvalue weighted by atomic mass is 9.43. The molecule has 9 aliphatic rings. The lowest BCUT2D eigenvalue weighted by Crippen LogP contribution is -2.62. The van der Waals surface area contributed by atoms with Crippen LogP contribution >= 0.6 is 0 Å². The van der Waals surface area contributed by atoms with E-state index in [-0.39, 0.29) is 73.3 Å². The van der Waals surface area contributed by atoms with Crippen molar-refractivity contribution >= 4 is 29.2 Å². The first-order chi connectivity index (χ1) is 50.7. The monoisotopic (exact) mass is 1480 g/mol. The summed E-state index contributed by atoms with van der Waals surface area (Å²) in [5.41, 5.74) is 7.22. The van der Waals surface area contributed by atoms with Crippen LogP contribution in [0.4, 0.5) is 5.69 Å². The third-order valence-electron chi connectivity index (χ3n) is 26.3. The zero-order chi connectivity index (χ0) is 77.8. The number of aliphatic hydroxyl groups is 4. The van der Waals surface area contributed by atoms with Crippen LogP contribution in [-0.2, 0) is 32.4 Å². The van der Waals surface area contributed by atoms with Crippen molar-refractivity contribution in [2.24, 2.45) is 75.9 Å². The number of likely N-dealkylation sites (N-methyl/N-ethyl adjacent to an activating group) is 2. The quantitative estimate of drug-likeness (QED) is 0.0256. The Kier molecular flexibility index (Phi) is 27.5. The zero-order valence-corrected chi connectivity index (χ0v) is 67.7. The summed E-state index contributed by atoms with van der Waals surface area (Å²) in [6.45, 7) is 22.9. The fourth-order valence-electron chi connectivity index (χ4n) is 20.2. The third kappa shape index (κ3) is 18.2. The van der Waals surface area contributed by atoms with E-state index in [0.29, 0.717) is 93.5 Å². The Labute approximate surface area is 638 Å². The highest BCUT2D eigenvalue weighted by molar-refractivity contribution is 5.99. The first-order valence-corrected chi connectivity index (χ1v) is 39.8. The van der Waals surface area contributed by atoms with E-state index in [2.05, 4.69) is 81.1 Å². The van der Waals surface area contributed by atoms with Crippen LogP contribution < -0.4 is 35.1 Å². The van der Waals surface area contributed by atoms with Crippen LogP contribution in [-0.4, -0.2) is 208 Å². The van der Waals surface area contributed by atoms with Gasteiger partial charge in [-0.2, -0.15) is 10.1 Å². The fourth-order valence-corrected chi connectivity index (χ4v) is 20.2. The Morgan fingerprint density at radius 2 is 1.18 bits per heavy atom. The molecule has 18 atom stereocenters. The minimum atomic E-state index is -0.895. The number of anilines is 1. The Morgan fingerprint density at radius 1 is 0.626 bits per heavy atom. The molecule has 0 aromatic heterocycles. The number of rotatable bonds is 30. The number of benzene rings is 4. The smallest absolute Gasteiger partial charge is 0.255 e. The molecule has 2 heterocycles. The maximum absolute atomic E-state index is 14.4. The number of ether oxygens (including phenoxy) is 3. The van der Waals surface area contributed by atoms with Gasteiger partial charge in [0.2, 0.25) is 5.91 Å². The number of hydrogen-bond acceptors (Lipinski definition) is 18. The van der Waals surface area contributed by atoms with Crippen molar-refractivity contribution in [1.82, 2.24) is 35.9 Å². The minimum Gasteiger partial charge on any atom is -0.496 e. The second-order valence-electron chi connectivity index (χ2n) is 35.2. The van der Waals surface area contributed by atoms with Crippen LogP contribution in [0.15, 0.2) is 72.8 Å². The molecule has 4 aromatic carbocycles. The molecule has 107 heavy (non-hydrogen) atoms. The number of amides is 3. The second-order valence-corrected chi connectivity index (χ2v) is 35.2. The van der Waals surface area contributed by atoms with Gasteiger partial charge < -0.3 is 65.3 Å². The maximum atomic E-state index is 14.4. The van der Waals surface area contributed by atoms with E-state index in [4.69, 9.17) is 23.9 Å². The molecule has 21 heteroatoms. The minimum absolute atomic E-state index is 0.000458. The van der Waals surface area contributed by atoms with Gasteiger partial charge in [0.25, 0.3) is 11.8 Å². The van der Waals surface area contributed by atoms with E-state index < -0.39 is 48.3 Å². The van der Waals surface area contributed by atoms with Gasteiger partial charge in [-0.05, 0) is 193 Å². The maximum Gasteiger partial charge on any atom is 0.255 e. The average molecular weight is 1480 g/mol. The van der Waals surface area contributed by atoms with Crippen molar-refractivity contribution in [1.29, 1.82) is 0 Å². The molecule has 0 spiro atoms. The number of aliphatic hydroxyl groups excluding tert-OH is 4. The molecule has 4 aromatic rings. The summed E-state index contributed by atoms with van der Waals surface area (Å²) in [5.74, 6) is 4.36. The largest absolute Gasteiger partial charge is 0.496 e. The number of hydroxylamine groups is 4. The molecule has 9 fully saturated rings. The summed E-state index contributed by atoms with van der Waals surface area (Å²) < 4.78 is 17.9. The predicted molar refractivity (Wildman–Crippen MR) is 420 cm³/mol. The normalized spacial score (nSPS) is 28.5. The van der Waals surface area contributed by atoms with Crippen molar-refractivity contribution in [2.75, 3.05) is 94.8 Å². The Bertz CT molecular complexity index is 3680. The number of para-hydroxylation sites is 2. The summed E-state index contributed by atoms with van der Waals surface area (Å²) >= 11 is 0. The predicted octanol–water partition coefficient (Wildman–Crippen LogP) is 11.2. The number of ketones is 1. The van der Waals surface area contributed by atoms with Crippen LogP contribution in [0.25, 0.3) is 22.3 Å². The lowest BCUT2D eigenvalue weighted by Gasteiger charge is -2.62. The molecule has 4 bridgehead atoms. The fraction of sp³-hybridized carbons (Fsp3) is 0.674. The van der Waals surface area contributed by atoms with E-state index in [1.807, 2.05) is 120 Å². The van der Waals surface area contributed by atoms with Gasteiger partial charge in [-0.25, -0.2) is 0 Å². The van der Waals surface area contributed by atoms with E-state index in [9.17, 15) is 39.6 Å². The SMILES string of the molecule is COc1c(CN2O[C@@H](CO)[C@@H]([C@H](C)O)[C@H]2C(=O)N[C@H]2C[C@H]3C[C@@H]([C@@H]2C)C3(C)C)cccc1-c1cc(C(=O)N[C@H](CC(C)C)CN(C)C)cc(N(C)C)c1.COc1ccc(-c2cccc(CN3O[C@@H](CO)[C@H](C(C)O)[C@H]3C(=O)C[C@H]3C[C@H]4C[C@@H]([C@@H]3C)C4(C)C)c2OC)cc1C(=O)N[C@H](CN(C)C)C1CCCCC1. The van der Waals surface area contributed by atoms with Crippen LogP contribution in [0.1, 0.15) is 172 Å². The summed E-state index contributed by atoms with van der Waals surface area (Å²) in [6, 6.07) is 21.7. The first-order valence-electron chi connectivity index (χ1n) is 39.8. The van der Waals surface area contributed by atoms with Gasteiger partial charge in [0.1, 0.15) is 41.5 Å². The van der Waals surface area contributed by atoms with E-state index in [1.54, 1.807) is 45.3 Å². The molecule has 21 nitrogen and oxygen atoms in total. The van der Waals surface area contributed by atoms with Crippen molar-refractivity contribution in [3.05, 3.63) is 95.1 Å². The Hall–Kier alpha value is -6.24. The van der Waals surface area contributed by atoms with Crippen LogP contribution in [0.5, 0.6) is 17.2 Å². The molecule has 0 radical (unpaired) electrons. The highest BCUT2D eigenvalue weighted by atomic mass is 16.7. The summed E-state index contributed by atoms with van der Waals surface area (Å²) in [6.07, 6.45) is 8.37. The summed E-state index contributed by atoms with van der Waals surface area (Å²) in [7, 11) is 16.8. The number of carbonyl (C=O) groups is 4.